The van der Waals surface area contributed by atoms with Crippen LogP contribution < -0.4 is 0 Å². The summed E-state index contributed by atoms with van der Waals surface area (Å²) in [6.07, 6.45) is 4.85. The van der Waals surface area contributed by atoms with Gasteiger partial charge in [-0.3, -0.25) is 0 Å². The Hall–Kier alpha value is -0.970. The summed E-state index contributed by atoms with van der Waals surface area (Å²) >= 11 is 3.11. The van der Waals surface area contributed by atoms with Crippen LogP contribution >= 0.6 is 15.9 Å². The monoisotopic (exact) mass is 256 g/mol. The first-order valence-electron chi connectivity index (χ1n) is 4.44. The topological polar surface area (TPSA) is 63.1 Å². The zero-order valence-electron chi connectivity index (χ0n) is 7.40. The molecule has 0 saturated heterocycles. The first-order valence-corrected chi connectivity index (χ1v) is 5.24. The van der Waals surface area contributed by atoms with E-state index in [1.165, 1.54) is 6.42 Å². The number of nitrogens with zero attached hydrogens (tertiary/aromatic N) is 2. The second-order valence-corrected chi connectivity index (χ2v) is 4.15. The van der Waals surface area contributed by atoms with Gasteiger partial charge in [-0.15, -0.1) is 5.10 Å². The van der Waals surface area contributed by atoms with E-state index in [1.54, 1.807) is 6.20 Å². The Morgan fingerprint density at radius 2 is 2.29 bits per heavy atom. The van der Waals surface area contributed by atoms with Crippen LogP contribution in [0.25, 0.3) is 0 Å². The molecule has 74 valence electrons. The van der Waals surface area contributed by atoms with Gasteiger partial charge < -0.3 is 5.11 Å². The minimum Gasteiger partial charge on any atom is -0.478 e. The lowest BCUT2D eigenvalue weighted by molar-refractivity contribution is 0.0692. The molecule has 1 aromatic rings. The summed E-state index contributed by atoms with van der Waals surface area (Å²) < 4.78 is 0.328. The van der Waals surface area contributed by atoms with E-state index >= 15 is 0 Å². The number of rotatable bonds is 2. The van der Waals surface area contributed by atoms with Crippen LogP contribution in [0.15, 0.2) is 10.8 Å². The fraction of sp³-hybridized carbons (Fsp3) is 0.444. The van der Waals surface area contributed by atoms with Crippen LogP contribution in [0.3, 0.4) is 0 Å². The average Bonchev–Trinajstić information content (AvgIpc) is 1.99. The molecule has 0 aromatic carbocycles. The number of carboxylic acids is 1. The molecular weight excluding hydrogens is 248 g/mol. The Morgan fingerprint density at radius 1 is 1.57 bits per heavy atom. The Labute approximate surface area is 89.5 Å². The first-order chi connectivity index (χ1) is 6.70. The third-order valence-corrected chi connectivity index (χ3v) is 3.15. The van der Waals surface area contributed by atoms with Crippen molar-refractivity contribution in [2.75, 3.05) is 0 Å². The molecule has 0 aliphatic heterocycles. The van der Waals surface area contributed by atoms with Crippen molar-refractivity contribution in [3.63, 3.8) is 0 Å². The van der Waals surface area contributed by atoms with Gasteiger partial charge in [0.2, 0.25) is 0 Å². The van der Waals surface area contributed by atoms with Crippen molar-refractivity contribution >= 4 is 21.9 Å². The lowest BCUT2D eigenvalue weighted by atomic mass is 9.79. The molecule has 1 fully saturated rings. The molecule has 2 rings (SSSR count). The highest BCUT2D eigenvalue weighted by atomic mass is 79.9. The maximum Gasteiger partial charge on any atom is 0.338 e. The third-order valence-electron chi connectivity index (χ3n) is 2.60. The van der Waals surface area contributed by atoms with Gasteiger partial charge in [-0.25, -0.2) is 4.79 Å². The number of carbonyl (C=O) groups is 1. The molecule has 0 radical (unpaired) electrons. The number of halogens is 1. The van der Waals surface area contributed by atoms with Gasteiger partial charge in [-0.05, 0) is 40.3 Å². The van der Waals surface area contributed by atoms with Crippen molar-refractivity contribution in [2.45, 2.75) is 25.2 Å². The molecule has 0 unspecified atom stereocenters. The molecule has 0 bridgehead atoms. The maximum absolute atomic E-state index is 11.0. The van der Waals surface area contributed by atoms with Crippen molar-refractivity contribution in [3.05, 3.63) is 21.9 Å². The summed E-state index contributed by atoms with van der Waals surface area (Å²) in [4.78, 5) is 11.0. The number of hydrogen-bond acceptors (Lipinski definition) is 3. The SMILES string of the molecule is O=C(O)c1c(C2CCC2)cnnc1Br. The number of carboxylic acid groups (broad SMARTS) is 1. The summed E-state index contributed by atoms with van der Waals surface area (Å²) in [5.74, 6) is -0.582. The Bertz CT molecular complexity index is 377. The lowest BCUT2D eigenvalue weighted by Gasteiger charge is -2.26. The highest BCUT2D eigenvalue weighted by molar-refractivity contribution is 9.10. The maximum atomic E-state index is 11.0. The molecule has 1 aliphatic rings. The molecule has 0 atom stereocenters. The summed E-state index contributed by atoms with van der Waals surface area (Å²) in [5, 5.41) is 16.5. The fourth-order valence-electron chi connectivity index (χ4n) is 1.62. The van der Waals surface area contributed by atoms with Crippen LogP contribution in [-0.4, -0.2) is 21.3 Å². The van der Waals surface area contributed by atoms with Crippen molar-refractivity contribution in [3.8, 4) is 0 Å². The lowest BCUT2D eigenvalue weighted by Crippen LogP contribution is -2.15. The normalized spacial score (nSPS) is 16.4. The third kappa shape index (κ3) is 1.52. The van der Waals surface area contributed by atoms with Crippen LogP contribution in [0.2, 0.25) is 0 Å². The van der Waals surface area contributed by atoms with Gasteiger partial charge in [-0.1, -0.05) is 6.42 Å². The Morgan fingerprint density at radius 3 is 2.79 bits per heavy atom. The molecular formula is C9H9BrN2O2. The Balaban J connectivity index is 2.46. The van der Waals surface area contributed by atoms with Crippen molar-refractivity contribution in [1.82, 2.24) is 10.2 Å². The van der Waals surface area contributed by atoms with Crippen LogP contribution in [0, 0.1) is 0 Å². The minimum atomic E-state index is -0.936. The number of aromatic nitrogens is 2. The molecule has 4 nitrogen and oxygen atoms in total. The summed E-state index contributed by atoms with van der Waals surface area (Å²) in [5.41, 5.74) is 1.08. The highest BCUT2D eigenvalue weighted by Gasteiger charge is 2.26. The van der Waals surface area contributed by atoms with Crippen LogP contribution in [-0.2, 0) is 0 Å². The highest BCUT2D eigenvalue weighted by Crippen LogP contribution is 2.38. The van der Waals surface area contributed by atoms with Gasteiger partial charge in [0.05, 0.1) is 11.8 Å². The van der Waals surface area contributed by atoms with Crippen molar-refractivity contribution in [1.29, 1.82) is 0 Å². The summed E-state index contributed by atoms with van der Waals surface area (Å²) in [6, 6.07) is 0. The van der Waals surface area contributed by atoms with Gasteiger partial charge in [-0.2, -0.15) is 5.10 Å². The van der Waals surface area contributed by atoms with E-state index in [1.807, 2.05) is 0 Å². The molecule has 5 heteroatoms. The molecule has 0 spiro atoms. The van der Waals surface area contributed by atoms with E-state index in [0.717, 1.165) is 18.4 Å². The predicted molar refractivity (Wildman–Crippen MR) is 53.3 cm³/mol. The fourth-order valence-corrected chi connectivity index (χ4v) is 2.11. The van der Waals surface area contributed by atoms with Gasteiger partial charge in [0.25, 0.3) is 0 Å². The molecule has 1 aliphatic carbocycles. The zero-order chi connectivity index (χ0) is 10.1. The second-order valence-electron chi connectivity index (χ2n) is 3.40. The van der Waals surface area contributed by atoms with E-state index in [0.29, 0.717) is 10.5 Å². The van der Waals surface area contributed by atoms with E-state index in [9.17, 15) is 4.79 Å². The van der Waals surface area contributed by atoms with Crippen LogP contribution in [0.5, 0.6) is 0 Å². The molecule has 1 saturated carbocycles. The molecule has 14 heavy (non-hydrogen) atoms. The molecule has 1 heterocycles. The van der Waals surface area contributed by atoms with E-state index in [-0.39, 0.29) is 5.56 Å². The van der Waals surface area contributed by atoms with Crippen LogP contribution in [0.4, 0.5) is 0 Å². The zero-order valence-corrected chi connectivity index (χ0v) is 8.99. The smallest absolute Gasteiger partial charge is 0.338 e. The number of hydrogen-bond donors (Lipinski definition) is 1. The van der Waals surface area contributed by atoms with Crippen molar-refractivity contribution in [2.24, 2.45) is 0 Å². The van der Waals surface area contributed by atoms with E-state index in [4.69, 9.17) is 5.11 Å². The summed E-state index contributed by atoms with van der Waals surface area (Å²) in [7, 11) is 0. The quantitative estimate of drug-likeness (QED) is 0.882. The number of aromatic carboxylic acids is 1. The van der Waals surface area contributed by atoms with Crippen LogP contribution in [0.1, 0.15) is 41.1 Å². The van der Waals surface area contributed by atoms with Gasteiger partial charge >= 0.3 is 5.97 Å². The predicted octanol–water partition coefficient (Wildman–Crippen LogP) is 2.20. The largest absolute Gasteiger partial charge is 0.478 e. The van der Waals surface area contributed by atoms with Gasteiger partial charge in [0, 0.05) is 0 Å². The first kappa shape index (κ1) is 9.58. The molecule has 1 N–H and O–H groups in total. The molecule has 1 aromatic heterocycles. The minimum absolute atomic E-state index is 0.268. The molecule has 0 amide bonds. The second kappa shape index (κ2) is 3.65. The summed E-state index contributed by atoms with van der Waals surface area (Å²) in [6.45, 7) is 0. The Kier molecular flexibility index (Phi) is 2.50. The van der Waals surface area contributed by atoms with E-state index in [2.05, 4.69) is 26.1 Å². The van der Waals surface area contributed by atoms with E-state index < -0.39 is 5.97 Å². The van der Waals surface area contributed by atoms with Gasteiger partial charge in [0.15, 0.2) is 0 Å². The van der Waals surface area contributed by atoms with Gasteiger partial charge in [0.1, 0.15) is 4.60 Å². The average molecular weight is 257 g/mol. The van der Waals surface area contributed by atoms with Crippen molar-refractivity contribution < 1.29 is 9.90 Å². The standard InChI is InChI=1S/C9H9BrN2O2/c10-8-7(9(13)14)6(4-11-12-8)5-2-1-3-5/h4-5H,1-3H2,(H,13,14).